The van der Waals surface area contributed by atoms with Crippen LogP contribution < -0.4 is 4.74 Å². The van der Waals surface area contributed by atoms with Gasteiger partial charge in [-0.15, -0.1) is 13.2 Å². The van der Waals surface area contributed by atoms with Gasteiger partial charge in [0, 0.05) is 5.56 Å². The highest BCUT2D eigenvalue weighted by atomic mass is 19.4. The average Bonchev–Trinajstić information content (AvgIpc) is 2.82. The molecule has 0 aliphatic heterocycles. The molecule has 0 aliphatic rings. The quantitative estimate of drug-likeness (QED) is 0.881. The van der Waals surface area contributed by atoms with E-state index >= 15 is 0 Å². The van der Waals surface area contributed by atoms with Gasteiger partial charge in [-0.2, -0.15) is 13.9 Å². The molecule has 114 valence electrons. The molecule has 0 amide bonds. The average molecular weight is 308 g/mol. The van der Waals surface area contributed by atoms with E-state index in [1.165, 1.54) is 18.2 Å². The highest BCUT2D eigenvalue weighted by Gasteiger charge is 2.31. The molecule has 0 bridgehead atoms. The van der Waals surface area contributed by atoms with Crippen LogP contribution in [0.15, 0.2) is 30.3 Å². The van der Waals surface area contributed by atoms with Crippen molar-refractivity contribution < 1.29 is 31.8 Å². The third-order valence-electron chi connectivity index (χ3n) is 2.54. The Bertz CT molecular complexity index is 607. The van der Waals surface area contributed by atoms with E-state index in [1.54, 1.807) is 0 Å². The fourth-order valence-corrected chi connectivity index (χ4v) is 1.69. The van der Waals surface area contributed by atoms with E-state index in [4.69, 9.17) is 5.11 Å². The third-order valence-corrected chi connectivity index (χ3v) is 2.54. The molecule has 0 saturated heterocycles. The number of rotatable bonds is 4. The van der Waals surface area contributed by atoms with E-state index in [9.17, 15) is 22.0 Å². The van der Waals surface area contributed by atoms with Gasteiger partial charge >= 0.3 is 12.9 Å². The second-order valence-electron chi connectivity index (χ2n) is 3.97. The number of alkyl halides is 5. The zero-order valence-electron chi connectivity index (χ0n) is 10.3. The molecule has 0 spiro atoms. The zero-order valence-corrected chi connectivity index (χ0v) is 10.3. The van der Waals surface area contributed by atoms with Gasteiger partial charge in [-0.1, -0.05) is 0 Å². The second kappa shape index (κ2) is 5.68. The predicted molar refractivity (Wildman–Crippen MR) is 61.5 cm³/mol. The fraction of sp³-hybridized carbons (Fsp3) is 0.250. The highest BCUT2D eigenvalue weighted by molar-refractivity contribution is 5.60. The minimum absolute atomic E-state index is 0.101. The number of aromatic nitrogens is 2. The molecule has 1 aromatic heterocycles. The summed E-state index contributed by atoms with van der Waals surface area (Å²) in [6, 6.07) is 5.82. The van der Waals surface area contributed by atoms with E-state index in [2.05, 4.69) is 9.84 Å². The van der Waals surface area contributed by atoms with Crippen LogP contribution >= 0.6 is 0 Å². The van der Waals surface area contributed by atoms with Gasteiger partial charge in [0.2, 0.25) is 0 Å². The summed E-state index contributed by atoms with van der Waals surface area (Å²) in [5.41, 5.74) is 0.326. The molecule has 0 unspecified atom stereocenters. The monoisotopic (exact) mass is 308 g/mol. The summed E-state index contributed by atoms with van der Waals surface area (Å²) < 4.78 is 65.3. The summed E-state index contributed by atoms with van der Waals surface area (Å²) in [5, 5.41) is 12.6. The summed E-state index contributed by atoms with van der Waals surface area (Å²) in [4.78, 5) is 0. The van der Waals surface area contributed by atoms with Gasteiger partial charge in [0.05, 0.1) is 18.0 Å². The Morgan fingerprint density at radius 2 is 1.81 bits per heavy atom. The fourth-order valence-electron chi connectivity index (χ4n) is 1.69. The van der Waals surface area contributed by atoms with Gasteiger partial charge in [-0.05, 0) is 30.3 Å². The van der Waals surface area contributed by atoms with Crippen LogP contribution in [0.4, 0.5) is 22.0 Å². The molecule has 9 heteroatoms. The minimum Gasteiger partial charge on any atom is -0.406 e. The van der Waals surface area contributed by atoms with Crippen molar-refractivity contribution in [1.82, 2.24) is 9.78 Å². The van der Waals surface area contributed by atoms with Gasteiger partial charge in [-0.25, -0.2) is 4.68 Å². The summed E-state index contributed by atoms with van der Waals surface area (Å²) in [7, 11) is 0. The van der Waals surface area contributed by atoms with Crippen LogP contribution in [0.2, 0.25) is 0 Å². The number of hydrogen-bond acceptors (Lipinski definition) is 3. The van der Waals surface area contributed by atoms with Crippen LogP contribution in [0.3, 0.4) is 0 Å². The molecule has 0 fully saturated rings. The lowest BCUT2D eigenvalue weighted by Gasteiger charge is -2.08. The standard InChI is InChI=1S/C12H9F5N2O2/c13-11(14)19-8(6-20)5-10(18-19)7-1-3-9(4-2-7)21-12(15,16)17/h1-5,11,20H,6H2. The van der Waals surface area contributed by atoms with E-state index in [0.29, 0.717) is 10.2 Å². The van der Waals surface area contributed by atoms with Crippen LogP contribution in [0.1, 0.15) is 12.2 Å². The predicted octanol–water partition coefficient (Wildman–Crippen LogP) is 3.34. The molecule has 4 nitrogen and oxygen atoms in total. The van der Waals surface area contributed by atoms with Crippen LogP contribution in [0, 0.1) is 0 Å². The van der Waals surface area contributed by atoms with E-state index in [1.807, 2.05) is 0 Å². The Morgan fingerprint density at radius 3 is 2.24 bits per heavy atom. The topological polar surface area (TPSA) is 47.3 Å². The first kappa shape index (κ1) is 15.2. The van der Waals surface area contributed by atoms with Gasteiger partial charge in [0.25, 0.3) is 0 Å². The summed E-state index contributed by atoms with van der Waals surface area (Å²) in [5.74, 6) is -0.429. The molecular weight excluding hydrogens is 299 g/mol. The third kappa shape index (κ3) is 3.69. The van der Waals surface area contributed by atoms with Crippen molar-refractivity contribution in [2.75, 3.05) is 0 Å². The maximum absolute atomic E-state index is 12.6. The van der Waals surface area contributed by atoms with Crippen LogP contribution in [-0.4, -0.2) is 21.2 Å². The van der Waals surface area contributed by atoms with Crippen molar-refractivity contribution in [3.05, 3.63) is 36.0 Å². The lowest BCUT2D eigenvalue weighted by atomic mass is 10.1. The molecule has 21 heavy (non-hydrogen) atoms. The normalized spacial score (nSPS) is 12.0. The summed E-state index contributed by atoms with van der Waals surface area (Å²) in [6.45, 7) is -3.55. The number of hydrogen-bond donors (Lipinski definition) is 1. The molecule has 1 N–H and O–H groups in total. The Labute approximate surface area is 115 Å². The number of aliphatic hydroxyl groups excluding tert-OH is 1. The lowest BCUT2D eigenvalue weighted by molar-refractivity contribution is -0.274. The van der Waals surface area contributed by atoms with Crippen molar-refractivity contribution in [2.24, 2.45) is 0 Å². The van der Waals surface area contributed by atoms with Crippen molar-refractivity contribution >= 4 is 0 Å². The lowest BCUT2D eigenvalue weighted by Crippen LogP contribution is -2.16. The molecule has 0 radical (unpaired) electrons. The number of aliphatic hydroxyl groups is 1. The molecule has 0 aliphatic carbocycles. The first-order valence-corrected chi connectivity index (χ1v) is 5.64. The number of ether oxygens (including phenoxy) is 1. The van der Waals surface area contributed by atoms with Gasteiger partial charge in [0.1, 0.15) is 5.75 Å². The van der Waals surface area contributed by atoms with Crippen LogP contribution in [0.5, 0.6) is 5.75 Å². The largest absolute Gasteiger partial charge is 0.573 e. The Balaban J connectivity index is 2.26. The number of nitrogens with zero attached hydrogens (tertiary/aromatic N) is 2. The van der Waals surface area contributed by atoms with Crippen molar-refractivity contribution in [3.63, 3.8) is 0 Å². The molecule has 2 aromatic rings. The first-order valence-electron chi connectivity index (χ1n) is 5.64. The van der Waals surface area contributed by atoms with Gasteiger partial charge in [-0.3, -0.25) is 0 Å². The maximum atomic E-state index is 12.6. The molecule has 1 aromatic carbocycles. The second-order valence-corrected chi connectivity index (χ2v) is 3.97. The number of halogens is 5. The van der Waals surface area contributed by atoms with E-state index in [0.717, 1.165) is 12.1 Å². The molecular formula is C12H9F5N2O2. The van der Waals surface area contributed by atoms with Crippen LogP contribution in [-0.2, 0) is 6.61 Å². The highest BCUT2D eigenvalue weighted by Crippen LogP contribution is 2.27. The van der Waals surface area contributed by atoms with Crippen molar-refractivity contribution in [3.8, 4) is 17.0 Å². The van der Waals surface area contributed by atoms with Crippen molar-refractivity contribution in [1.29, 1.82) is 0 Å². The van der Waals surface area contributed by atoms with E-state index < -0.39 is 25.3 Å². The maximum Gasteiger partial charge on any atom is 0.573 e. The van der Waals surface area contributed by atoms with Crippen molar-refractivity contribution in [2.45, 2.75) is 19.5 Å². The van der Waals surface area contributed by atoms with Crippen LogP contribution in [0.25, 0.3) is 11.3 Å². The minimum atomic E-state index is -4.80. The Morgan fingerprint density at radius 1 is 1.19 bits per heavy atom. The summed E-state index contributed by atoms with van der Waals surface area (Å²) in [6.07, 6.45) is -4.80. The molecule has 0 atom stereocenters. The Kier molecular flexibility index (Phi) is 4.12. The number of benzene rings is 1. The van der Waals surface area contributed by atoms with Gasteiger partial charge in [0.15, 0.2) is 0 Å². The molecule has 0 saturated carbocycles. The summed E-state index contributed by atoms with van der Waals surface area (Å²) >= 11 is 0. The zero-order chi connectivity index (χ0) is 15.6. The van der Waals surface area contributed by atoms with Gasteiger partial charge < -0.3 is 9.84 Å². The smallest absolute Gasteiger partial charge is 0.406 e. The SMILES string of the molecule is OCc1cc(-c2ccc(OC(F)(F)F)cc2)nn1C(F)F. The van der Waals surface area contributed by atoms with E-state index in [-0.39, 0.29) is 11.4 Å². The molecule has 1 heterocycles. The first-order chi connectivity index (χ1) is 9.80. The Hall–Kier alpha value is -2.16. The molecule has 2 rings (SSSR count).